The summed E-state index contributed by atoms with van der Waals surface area (Å²) in [6.07, 6.45) is 7.80. The second kappa shape index (κ2) is 9.72. The molecule has 2 aromatic carbocycles. The van der Waals surface area contributed by atoms with Crippen molar-refractivity contribution in [1.29, 1.82) is 0 Å². The Balaban J connectivity index is 1.31. The van der Waals surface area contributed by atoms with Crippen LogP contribution >= 0.6 is 23.5 Å². The summed E-state index contributed by atoms with van der Waals surface area (Å²) >= 11 is 3.61. The molecular weight excluding hydrogens is 400 g/mol. The van der Waals surface area contributed by atoms with Gasteiger partial charge in [0.2, 0.25) is 0 Å². The van der Waals surface area contributed by atoms with Crippen LogP contribution in [0.15, 0.2) is 52.3 Å². The highest BCUT2D eigenvalue weighted by atomic mass is 32.2. The van der Waals surface area contributed by atoms with Crippen LogP contribution in [-0.2, 0) is 0 Å². The minimum atomic E-state index is -0.135. The second-order valence-corrected chi connectivity index (χ2v) is 10.00. The van der Waals surface area contributed by atoms with E-state index in [9.17, 15) is 9.59 Å². The van der Waals surface area contributed by atoms with Crippen molar-refractivity contribution in [2.75, 3.05) is 17.6 Å². The number of carbonyl (C=O) groups excluding carboxylic acids is 2. The summed E-state index contributed by atoms with van der Waals surface area (Å²) in [6.45, 7) is 0.683. The highest BCUT2D eigenvalue weighted by Crippen LogP contribution is 2.39. The van der Waals surface area contributed by atoms with Crippen molar-refractivity contribution in [2.24, 2.45) is 0 Å². The number of carbonyl (C=O) groups is 2. The number of thioether (sulfide) groups is 1. The fourth-order valence-corrected chi connectivity index (χ4v) is 6.09. The zero-order valence-corrected chi connectivity index (χ0v) is 18.0. The van der Waals surface area contributed by atoms with Gasteiger partial charge in [0.1, 0.15) is 0 Å². The largest absolute Gasteiger partial charge is 0.352 e. The number of amides is 2. The summed E-state index contributed by atoms with van der Waals surface area (Å²) in [5.41, 5.74) is 1.93. The molecule has 1 aliphatic heterocycles. The van der Waals surface area contributed by atoms with Crippen molar-refractivity contribution in [3.05, 3.63) is 53.6 Å². The lowest BCUT2D eigenvalue weighted by atomic mass is 10.0. The lowest BCUT2D eigenvalue weighted by Gasteiger charge is -2.20. The molecule has 1 fully saturated rings. The molecule has 0 saturated heterocycles. The fraction of sp³-hybridized carbons (Fsp3) is 0.391. The van der Waals surface area contributed by atoms with Crippen LogP contribution in [-0.4, -0.2) is 29.4 Å². The first-order chi connectivity index (χ1) is 14.2. The van der Waals surface area contributed by atoms with Crippen LogP contribution < -0.4 is 10.6 Å². The Kier molecular flexibility index (Phi) is 6.82. The monoisotopic (exact) mass is 426 g/mol. The topological polar surface area (TPSA) is 58.2 Å². The highest BCUT2D eigenvalue weighted by molar-refractivity contribution is 8.00. The number of benzene rings is 2. The maximum atomic E-state index is 12.5. The van der Waals surface area contributed by atoms with Gasteiger partial charge in [-0.3, -0.25) is 9.59 Å². The Bertz CT molecular complexity index is 894. The van der Waals surface area contributed by atoms with Crippen molar-refractivity contribution >= 4 is 41.0 Å². The molecule has 0 unspecified atom stereocenters. The number of rotatable bonds is 6. The Labute approximate surface area is 180 Å². The Morgan fingerprint density at radius 2 is 1.93 bits per heavy atom. The first-order valence-corrected chi connectivity index (χ1v) is 12.2. The van der Waals surface area contributed by atoms with Crippen molar-refractivity contribution in [1.82, 2.24) is 5.32 Å². The van der Waals surface area contributed by atoms with E-state index >= 15 is 0 Å². The van der Waals surface area contributed by atoms with Crippen LogP contribution in [0.4, 0.5) is 5.69 Å². The quantitative estimate of drug-likeness (QED) is 0.591. The van der Waals surface area contributed by atoms with Crippen LogP contribution in [0.2, 0.25) is 0 Å². The summed E-state index contributed by atoms with van der Waals surface area (Å²) in [5, 5.41) is 6.77. The molecule has 2 aromatic rings. The van der Waals surface area contributed by atoms with E-state index < -0.39 is 0 Å². The summed E-state index contributed by atoms with van der Waals surface area (Å²) < 4.78 is 0. The number of fused-ring (bicyclic) bond motifs is 2. The van der Waals surface area contributed by atoms with Gasteiger partial charge in [-0.1, -0.05) is 43.2 Å². The average Bonchev–Trinajstić information content (AvgIpc) is 2.89. The molecule has 4 rings (SSSR count). The van der Waals surface area contributed by atoms with Gasteiger partial charge in [-0.25, -0.2) is 0 Å². The van der Waals surface area contributed by atoms with Gasteiger partial charge in [0.05, 0.1) is 11.3 Å². The Hall–Kier alpha value is -1.92. The molecule has 0 spiro atoms. The normalized spacial score (nSPS) is 16.3. The third-order valence-electron chi connectivity index (χ3n) is 5.35. The molecule has 6 heteroatoms. The molecule has 4 nitrogen and oxygen atoms in total. The van der Waals surface area contributed by atoms with Crippen LogP contribution in [0.5, 0.6) is 0 Å². The number of hydrogen-bond donors (Lipinski definition) is 2. The smallest absolute Gasteiger partial charge is 0.256 e. The van der Waals surface area contributed by atoms with Gasteiger partial charge in [-0.05, 0) is 55.3 Å². The Morgan fingerprint density at radius 1 is 1.10 bits per heavy atom. The van der Waals surface area contributed by atoms with Crippen molar-refractivity contribution < 1.29 is 9.59 Å². The van der Waals surface area contributed by atoms with Crippen LogP contribution in [0.3, 0.4) is 0 Å². The summed E-state index contributed by atoms with van der Waals surface area (Å²) in [7, 11) is 0. The van der Waals surface area contributed by atoms with Gasteiger partial charge in [-0.15, -0.1) is 0 Å². The molecule has 0 atom stereocenters. The fourth-order valence-electron chi connectivity index (χ4n) is 3.77. The molecule has 2 amide bonds. The molecule has 0 aromatic heterocycles. The lowest BCUT2D eigenvalue weighted by molar-refractivity contribution is 0.0952. The third-order valence-corrected chi connectivity index (χ3v) is 7.97. The van der Waals surface area contributed by atoms with Gasteiger partial charge >= 0.3 is 0 Å². The number of hydrogen-bond acceptors (Lipinski definition) is 4. The van der Waals surface area contributed by atoms with Gasteiger partial charge in [0.15, 0.2) is 0 Å². The molecule has 1 aliphatic carbocycles. The zero-order valence-electron chi connectivity index (χ0n) is 16.4. The molecule has 0 radical (unpaired) electrons. The first kappa shape index (κ1) is 20.4. The summed E-state index contributed by atoms with van der Waals surface area (Å²) in [5.74, 6) is 0.876. The second-order valence-electron chi connectivity index (χ2n) is 7.50. The molecule has 152 valence electrons. The third kappa shape index (κ3) is 5.17. The minimum Gasteiger partial charge on any atom is -0.352 e. The van der Waals surface area contributed by atoms with Crippen LogP contribution in [0.1, 0.15) is 59.2 Å². The zero-order chi connectivity index (χ0) is 20.1. The number of nitrogens with one attached hydrogen (secondary N) is 2. The van der Waals surface area contributed by atoms with E-state index in [-0.39, 0.29) is 11.8 Å². The molecule has 29 heavy (non-hydrogen) atoms. The van der Waals surface area contributed by atoms with Crippen molar-refractivity contribution in [3.8, 4) is 0 Å². The molecule has 2 aliphatic rings. The maximum Gasteiger partial charge on any atom is 0.256 e. The molecule has 0 bridgehead atoms. The predicted octanol–water partition coefficient (Wildman–Crippen LogP) is 5.59. The van der Waals surface area contributed by atoms with Crippen LogP contribution in [0, 0.1) is 0 Å². The van der Waals surface area contributed by atoms with Gasteiger partial charge in [0, 0.05) is 27.1 Å². The molecule has 1 heterocycles. The van der Waals surface area contributed by atoms with Crippen molar-refractivity contribution in [3.63, 3.8) is 0 Å². The van der Waals surface area contributed by atoms with Gasteiger partial charge in [-0.2, -0.15) is 11.8 Å². The van der Waals surface area contributed by atoms with E-state index in [0.717, 1.165) is 27.2 Å². The van der Waals surface area contributed by atoms with E-state index in [0.29, 0.717) is 23.4 Å². The van der Waals surface area contributed by atoms with E-state index in [2.05, 4.69) is 22.4 Å². The minimum absolute atomic E-state index is 0.0866. The van der Waals surface area contributed by atoms with E-state index in [1.165, 1.54) is 32.1 Å². The Morgan fingerprint density at radius 3 is 2.79 bits per heavy atom. The molecule has 2 N–H and O–H groups in total. The van der Waals surface area contributed by atoms with Gasteiger partial charge in [0.25, 0.3) is 11.8 Å². The summed E-state index contributed by atoms with van der Waals surface area (Å²) in [6, 6.07) is 13.1. The van der Waals surface area contributed by atoms with E-state index in [4.69, 9.17) is 0 Å². The van der Waals surface area contributed by atoms with Crippen molar-refractivity contribution in [2.45, 2.75) is 53.6 Å². The average molecular weight is 427 g/mol. The molecular formula is C23H26N2O2S2. The van der Waals surface area contributed by atoms with E-state index in [1.54, 1.807) is 17.8 Å². The first-order valence-electron chi connectivity index (χ1n) is 10.3. The predicted molar refractivity (Wildman–Crippen MR) is 121 cm³/mol. The van der Waals surface area contributed by atoms with E-state index in [1.807, 2.05) is 36.4 Å². The highest BCUT2D eigenvalue weighted by Gasteiger charge is 2.20. The van der Waals surface area contributed by atoms with Crippen LogP contribution in [0.25, 0.3) is 0 Å². The maximum absolute atomic E-state index is 12.5. The lowest BCUT2D eigenvalue weighted by Crippen LogP contribution is -2.25. The summed E-state index contributed by atoms with van der Waals surface area (Å²) in [4.78, 5) is 26.9. The SMILES string of the molecule is O=C(NCCCSC1CCCCC1)c1ccc2c(c1)NC(=O)c1ccccc1S2. The standard InChI is InChI=1S/C23H26N2O2S2/c26-22(24-13-6-14-28-17-7-2-1-3-8-17)16-11-12-21-19(15-16)25-23(27)18-9-4-5-10-20(18)29-21/h4-5,9-12,15,17H,1-3,6-8,13-14H2,(H,24,26)(H,25,27). The molecule has 1 saturated carbocycles. The van der Waals surface area contributed by atoms with Gasteiger partial charge < -0.3 is 10.6 Å². The number of anilines is 1.